The number of hydrogen-bond donors (Lipinski definition) is 4. The molecule has 1 aliphatic heterocycles. The van der Waals surface area contributed by atoms with Crippen molar-refractivity contribution >= 4 is 11.8 Å². The Morgan fingerprint density at radius 1 is 1.29 bits per heavy atom. The molecule has 1 saturated heterocycles. The summed E-state index contributed by atoms with van der Waals surface area (Å²) in [6, 6.07) is 0. The molecule has 0 bridgehead atoms. The summed E-state index contributed by atoms with van der Waals surface area (Å²) in [5.41, 5.74) is 6.53. The number of rotatable bonds is 7. The number of carbonyl (C=O) groups excluding carboxylic acids is 1. The summed E-state index contributed by atoms with van der Waals surface area (Å²) in [4.78, 5) is 24.4. The third-order valence-corrected chi connectivity index (χ3v) is 2.89. The molecule has 0 amide bonds. The van der Waals surface area contributed by atoms with Crippen LogP contribution < -0.4 is 4.91 Å². The van der Waals surface area contributed by atoms with Crippen molar-refractivity contribution in [2.45, 2.75) is 50.5 Å². The van der Waals surface area contributed by atoms with E-state index in [9.17, 15) is 19.8 Å². The van der Waals surface area contributed by atoms with Crippen LogP contribution >= 0.6 is 0 Å². The van der Waals surface area contributed by atoms with E-state index in [0.717, 1.165) is 0 Å². The summed E-state index contributed by atoms with van der Waals surface area (Å²) in [6.45, 7) is 2.85. The number of nitrogens with zero attached hydrogens (tertiary/aromatic N) is 2. The number of carboxylic acid groups (broad SMARTS) is 1. The van der Waals surface area contributed by atoms with Gasteiger partial charge in [0.2, 0.25) is 10.7 Å². The molecule has 0 radical (unpaired) electrons. The zero-order chi connectivity index (χ0) is 16.2. The molecule has 0 unspecified atom stereocenters. The number of nitrogens with one attached hydrogen (secondary N) is 1. The summed E-state index contributed by atoms with van der Waals surface area (Å²) >= 11 is 0. The molecule has 0 aromatic carbocycles. The van der Waals surface area contributed by atoms with E-state index in [2.05, 4.69) is 10.0 Å². The third kappa shape index (κ3) is 4.66. The highest BCUT2D eigenvalue weighted by molar-refractivity contribution is 6.32. The van der Waals surface area contributed by atoms with Crippen LogP contribution in [0.1, 0.15) is 20.3 Å². The first-order valence-electron chi connectivity index (χ1n) is 6.19. The molecule has 118 valence electrons. The van der Waals surface area contributed by atoms with E-state index in [4.69, 9.17) is 20.1 Å². The molecule has 1 fully saturated rings. The maximum atomic E-state index is 11.1. The van der Waals surface area contributed by atoms with Crippen molar-refractivity contribution in [2.75, 3.05) is 6.54 Å². The minimum atomic E-state index is -1.66. The molecule has 0 saturated carbocycles. The van der Waals surface area contributed by atoms with Gasteiger partial charge in [-0.3, -0.25) is 4.79 Å². The van der Waals surface area contributed by atoms with Gasteiger partial charge in [0.1, 0.15) is 29.0 Å². The largest absolute Gasteiger partial charge is 0.475 e. The van der Waals surface area contributed by atoms with Gasteiger partial charge in [-0.2, -0.15) is 0 Å². The Kier molecular flexibility index (Phi) is 5.64. The molecule has 4 N–H and O–H groups in total. The van der Waals surface area contributed by atoms with Crippen molar-refractivity contribution in [3.8, 4) is 0 Å². The van der Waals surface area contributed by atoms with Gasteiger partial charge in [0, 0.05) is 6.42 Å². The molecule has 0 aromatic heterocycles. The molecule has 0 aliphatic carbocycles. The molecular weight excluding hydrogens is 286 g/mol. The van der Waals surface area contributed by atoms with Gasteiger partial charge in [-0.05, 0) is 13.8 Å². The van der Waals surface area contributed by atoms with Crippen molar-refractivity contribution in [3.05, 3.63) is 0 Å². The lowest BCUT2D eigenvalue weighted by atomic mass is 9.99. The summed E-state index contributed by atoms with van der Waals surface area (Å²) in [5.74, 6) is -3.95. The normalized spacial score (nSPS) is 26.7. The summed E-state index contributed by atoms with van der Waals surface area (Å²) in [6.07, 6.45) is -5.47. The smallest absolute Gasteiger partial charge is 0.372 e. The van der Waals surface area contributed by atoms with Gasteiger partial charge in [-0.25, -0.2) is 4.79 Å². The van der Waals surface area contributed by atoms with Crippen LogP contribution in [0.5, 0.6) is 0 Å². The number of carboxylic acids is 1. The van der Waals surface area contributed by atoms with E-state index in [-0.39, 0.29) is 6.54 Å². The maximum absolute atomic E-state index is 11.1. The molecule has 1 heterocycles. The molecule has 4 atom stereocenters. The number of Topliss-reactive ketones (excluding diaryl/α,β-unsaturated/α-hetero) is 1. The summed E-state index contributed by atoms with van der Waals surface area (Å²) in [5, 5.41) is 31.7. The average molecular weight is 304 g/mol. The van der Waals surface area contributed by atoms with Gasteiger partial charge in [-0.1, -0.05) is 0 Å². The highest BCUT2D eigenvalue weighted by atomic mass is 16.8. The number of aliphatic hydroxyl groups is 2. The predicted molar refractivity (Wildman–Crippen MR) is 65.2 cm³/mol. The second kappa shape index (κ2) is 6.83. The minimum absolute atomic E-state index is 0.246. The van der Waals surface area contributed by atoms with E-state index in [1.807, 2.05) is 0 Å². The Morgan fingerprint density at radius 2 is 1.81 bits per heavy atom. The lowest BCUT2D eigenvalue weighted by Gasteiger charge is -2.23. The first kappa shape index (κ1) is 17.3. The number of ketones is 1. The lowest BCUT2D eigenvalue weighted by molar-refractivity contribution is -0.162. The van der Waals surface area contributed by atoms with Crippen LogP contribution in [0.25, 0.3) is 0 Å². The highest BCUT2D eigenvalue weighted by Gasteiger charge is 2.48. The van der Waals surface area contributed by atoms with Crippen LogP contribution in [0.4, 0.5) is 0 Å². The van der Waals surface area contributed by atoms with Gasteiger partial charge < -0.3 is 24.8 Å². The van der Waals surface area contributed by atoms with Gasteiger partial charge in [0.25, 0.3) is 0 Å². The van der Waals surface area contributed by atoms with E-state index >= 15 is 0 Å². The standard InChI is InChI=1S/C11H17N3O7/c1-11(2)20-8(5(15)3-6(16)10(18)19)9(21-11)7(17)4-13-14-12/h5,7-9,12,15,17H,3-4H2,1-2H3/p+1/t5-,7+,8+,9+/m0/s1. The van der Waals surface area contributed by atoms with Crippen molar-refractivity contribution in [1.29, 1.82) is 5.53 Å². The fourth-order valence-corrected chi connectivity index (χ4v) is 2.03. The van der Waals surface area contributed by atoms with Gasteiger partial charge in [0.05, 0.1) is 6.10 Å². The fourth-order valence-electron chi connectivity index (χ4n) is 2.03. The molecule has 0 aromatic rings. The molecule has 10 nitrogen and oxygen atoms in total. The molecule has 1 aliphatic rings. The molecular formula is C11H18N3O7+. The summed E-state index contributed by atoms with van der Waals surface area (Å²) < 4.78 is 10.8. The van der Waals surface area contributed by atoms with Crippen LogP contribution in [0.15, 0.2) is 5.11 Å². The van der Waals surface area contributed by atoms with Crippen molar-refractivity contribution in [1.82, 2.24) is 4.91 Å². The Hall–Kier alpha value is -1.71. The van der Waals surface area contributed by atoms with E-state index < -0.39 is 48.4 Å². The van der Waals surface area contributed by atoms with Crippen LogP contribution in [-0.4, -0.2) is 63.8 Å². The van der Waals surface area contributed by atoms with E-state index in [1.54, 1.807) is 13.8 Å². The number of carbonyl (C=O) groups is 2. The predicted octanol–water partition coefficient (Wildman–Crippen LogP) is -1.18. The Morgan fingerprint density at radius 3 is 2.29 bits per heavy atom. The van der Waals surface area contributed by atoms with Crippen molar-refractivity contribution in [2.24, 2.45) is 5.11 Å². The van der Waals surface area contributed by atoms with E-state index in [1.165, 1.54) is 0 Å². The van der Waals surface area contributed by atoms with Gasteiger partial charge in [0.15, 0.2) is 12.3 Å². The van der Waals surface area contributed by atoms with Crippen molar-refractivity contribution < 1.29 is 34.4 Å². The monoisotopic (exact) mass is 304 g/mol. The fraction of sp³-hybridized carbons (Fsp3) is 0.818. The highest BCUT2D eigenvalue weighted by Crippen LogP contribution is 2.32. The Balaban J connectivity index is 2.82. The summed E-state index contributed by atoms with van der Waals surface area (Å²) in [7, 11) is 0. The van der Waals surface area contributed by atoms with Crippen LogP contribution in [0.3, 0.4) is 0 Å². The molecule has 0 spiro atoms. The number of ether oxygens (including phenoxy) is 2. The Bertz CT molecular complexity index is 461. The molecule has 21 heavy (non-hydrogen) atoms. The van der Waals surface area contributed by atoms with Crippen molar-refractivity contribution in [3.63, 3.8) is 0 Å². The topological polar surface area (TPSA) is 164 Å². The number of hydrogen-bond acceptors (Lipinski definition) is 8. The number of aliphatic carboxylic acids is 1. The zero-order valence-corrected chi connectivity index (χ0v) is 11.6. The molecule has 1 rings (SSSR count). The number of aliphatic hydroxyl groups excluding tert-OH is 2. The van der Waals surface area contributed by atoms with E-state index in [0.29, 0.717) is 0 Å². The Labute approximate surface area is 119 Å². The van der Waals surface area contributed by atoms with Crippen LogP contribution in [-0.2, 0) is 19.1 Å². The second-order valence-corrected chi connectivity index (χ2v) is 5.06. The molecule has 10 heteroatoms. The quantitative estimate of drug-likeness (QED) is 0.261. The zero-order valence-electron chi connectivity index (χ0n) is 11.6. The second-order valence-electron chi connectivity index (χ2n) is 5.06. The first-order chi connectivity index (χ1) is 9.68. The first-order valence-corrected chi connectivity index (χ1v) is 6.19. The van der Waals surface area contributed by atoms with Gasteiger partial charge >= 0.3 is 5.97 Å². The average Bonchev–Trinajstić information content (AvgIpc) is 2.72. The van der Waals surface area contributed by atoms with Gasteiger partial charge in [-0.15, -0.1) is 0 Å². The lowest BCUT2D eigenvalue weighted by Crippen LogP contribution is -2.44. The maximum Gasteiger partial charge on any atom is 0.372 e. The van der Waals surface area contributed by atoms with Crippen LogP contribution in [0, 0.1) is 5.53 Å². The van der Waals surface area contributed by atoms with Crippen LogP contribution in [0.2, 0.25) is 0 Å². The third-order valence-electron chi connectivity index (χ3n) is 2.89. The minimum Gasteiger partial charge on any atom is -0.475 e. The SMILES string of the molecule is CC1(C)O[C@H]([C@H](O)CN=[N+]=N)[C@@H]([C@@H](O)CC(=O)C(=O)O)O1.